The first-order valence-electron chi connectivity index (χ1n) is 9.59. The molecule has 2 aromatic carbocycles. The van der Waals surface area contributed by atoms with Crippen LogP contribution in [0, 0.1) is 5.82 Å². The van der Waals surface area contributed by atoms with Crippen molar-refractivity contribution in [3.05, 3.63) is 70.5 Å². The molecule has 0 heterocycles. The zero-order valence-electron chi connectivity index (χ0n) is 16.7. The highest BCUT2D eigenvalue weighted by molar-refractivity contribution is 7.99. The van der Waals surface area contributed by atoms with E-state index in [-0.39, 0.29) is 29.1 Å². The van der Waals surface area contributed by atoms with Gasteiger partial charge in [0.05, 0.1) is 5.75 Å². The van der Waals surface area contributed by atoms with Crippen LogP contribution in [0.3, 0.4) is 0 Å². The standard InChI is InChI=1S/C22H26ClFN2O2S/c1-3-20(22(28)25-4-2)26(13-16-9-6-5-7-10-16)21(27)15-29-14-17-18(23)11-8-12-19(17)24/h5-12,20H,3-4,13-15H2,1-2H3,(H,25,28). The number of thioether (sulfide) groups is 1. The van der Waals surface area contributed by atoms with Crippen molar-refractivity contribution in [2.75, 3.05) is 12.3 Å². The second-order valence-corrected chi connectivity index (χ2v) is 7.91. The van der Waals surface area contributed by atoms with Crippen LogP contribution in [0.25, 0.3) is 0 Å². The van der Waals surface area contributed by atoms with Gasteiger partial charge in [-0.15, -0.1) is 11.8 Å². The van der Waals surface area contributed by atoms with Gasteiger partial charge in [-0.05, 0) is 31.0 Å². The van der Waals surface area contributed by atoms with Gasteiger partial charge in [0.2, 0.25) is 11.8 Å². The molecule has 29 heavy (non-hydrogen) atoms. The highest BCUT2D eigenvalue weighted by atomic mass is 35.5. The molecule has 0 aliphatic carbocycles. The largest absolute Gasteiger partial charge is 0.355 e. The van der Waals surface area contributed by atoms with Gasteiger partial charge in [-0.3, -0.25) is 9.59 Å². The van der Waals surface area contributed by atoms with Crippen molar-refractivity contribution in [2.24, 2.45) is 0 Å². The molecule has 4 nitrogen and oxygen atoms in total. The van der Waals surface area contributed by atoms with Crippen molar-refractivity contribution in [1.82, 2.24) is 10.2 Å². The maximum absolute atomic E-state index is 13.9. The molecular weight excluding hydrogens is 411 g/mol. The summed E-state index contributed by atoms with van der Waals surface area (Å²) in [5.41, 5.74) is 1.34. The lowest BCUT2D eigenvalue weighted by atomic mass is 10.1. The Morgan fingerprint density at radius 2 is 1.86 bits per heavy atom. The number of carbonyl (C=O) groups excluding carboxylic acids is 2. The van der Waals surface area contributed by atoms with Crippen LogP contribution in [-0.4, -0.2) is 35.1 Å². The van der Waals surface area contributed by atoms with Crippen LogP contribution in [0.2, 0.25) is 5.02 Å². The predicted molar refractivity (Wildman–Crippen MR) is 117 cm³/mol. The number of nitrogens with zero attached hydrogens (tertiary/aromatic N) is 1. The van der Waals surface area contributed by atoms with Crippen molar-refractivity contribution in [3.8, 4) is 0 Å². The molecule has 0 aliphatic rings. The summed E-state index contributed by atoms with van der Waals surface area (Å²) in [7, 11) is 0. The number of nitrogens with one attached hydrogen (secondary N) is 1. The van der Waals surface area contributed by atoms with Gasteiger partial charge in [0.15, 0.2) is 0 Å². The van der Waals surface area contributed by atoms with Crippen LogP contribution in [0.4, 0.5) is 4.39 Å². The molecular formula is C22H26ClFN2O2S. The maximum atomic E-state index is 13.9. The predicted octanol–water partition coefficient (Wildman–Crippen LogP) is 4.66. The number of hydrogen-bond donors (Lipinski definition) is 1. The highest BCUT2D eigenvalue weighted by Gasteiger charge is 2.28. The summed E-state index contributed by atoms with van der Waals surface area (Å²) in [5, 5.41) is 3.15. The fraction of sp³-hybridized carbons (Fsp3) is 0.364. The van der Waals surface area contributed by atoms with E-state index < -0.39 is 6.04 Å². The smallest absolute Gasteiger partial charge is 0.242 e. The first kappa shape index (κ1) is 23.2. The number of rotatable bonds is 10. The van der Waals surface area contributed by atoms with E-state index in [4.69, 9.17) is 11.6 Å². The van der Waals surface area contributed by atoms with Crippen LogP contribution in [0.5, 0.6) is 0 Å². The molecule has 0 fully saturated rings. The summed E-state index contributed by atoms with van der Waals surface area (Å²) in [6.45, 7) is 4.58. The Bertz CT molecular complexity index is 799. The highest BCUT2D eigenvalue weighted by Crippen LogP contribution is 2.24. The maximum Gasteiger partial charge on any atom is 0.242 e. The minimum atomic E-state index is -0.555. The van der Waals surface area contributed by atoms with Crippen molar-refractivity contribution in [2.45, 2.75) is 38.6 Å². The van der Waals surface area contributed by atoms with Gasteiger partial charge in [-0.25, -0.2) is 4.39 Å². The number of likely N-dealkylation sites (N-methyl/N-ethyl adjacent to an activating group) is 1. The molecule has 0 aliphatic heterocycles. The molecule has 0 radical (unpaired) electrons. The lowest BCUT2D eigenvalue weighted by molar-refractivity contribution is -0.139. The van der Waals surface area contributed by atoms with Gasteiger partial charge in [-0.2, -0.15) is 0 Å². The number of carbonyl (C=O) groups is 2. The van der Waals surface area contributed by atoms with E-state index >= 15 is 0 Å². The molecule has 1 unspecified atom stereocenters. The summed E-state index contributed by atoms with van der Waals surface area (Å²) in [4.78, 5) is 27.1. The van der Waals surface area contributed by atoms with E-state index in [9.17, 15) is 14.0 Å². The Balaban J connectivity index is 2.11. The SMILES string of the molecule is CCNC(=O)C(CC)N(Cc1ccccc1)C(=O)CSCc1c(F)cccc1Cl. The summed E-state index contributed by atoms with van der Waals surface area (Å²) >= 11 is 7.35. The number of hydrogen-bond acceptors (Lipinski definition) is 3. The normalized spacial score (nSPS) is 11.7. The quantitative estimate of drug-likeness (QED) is 0.589. The van der Waals surface area contributed by atoms with Gasteiger partial charge in [0.25, 0.3) is 0 Å². The van der Waals surface area contributed by atoms with Gasteiger partial charge in [0.1, 0.15) is 11.9 Å². The molecule has 1 N–H and O–H groups in total. The van der Waals surface area contributed by atoms with E-state index in [1.54, 1.807) is 17.0 Å². The van der Waals surface area contributed by atoms with Crippen LogP contribution >= 0.6 is 23.4 Å². The Labute approximate surface area is 180 Å². The second-order valence-electron chi connectivity index (χ2n) is 6.52. The number of halogens is 2. The Morgan fingerprint density at radius 1 is 1.14 bits per heavy atom. The molecule has 2 aromatic rings. The minimum Gasteiger partial charge on any atom is -0.355 e. The Kier molecular flexibility index (Phi) is 9.48. The van der Waals surface area contributed by atoms with Crippen LogP contribution in [0.15, 0.2) is 48.5 Å². The Hall–Kier alpha value is -2.05. The topological polar surface area (TPSA) is 49.4 Å². The zero-order chi connectivity index (χ0) is 21.2. The third-order valence-electron chi connectivity index (χ3n) is 4.47. The summed E-state index contributed by atoms with van der Waals surface area (Å²) in [5.74, 6) is -0.292. The third kappa shape index (κ3) is 6.75. The first-order chi connectivity index (χ1) is 14.0. The fourth-order valence-corrected chi connectivity index (χ4v) is 4.23. The van der Waals surface area contributed by atoms with Gasteiger partial charge in [0, 0.05) is 29.4 Å². The van der Waals surface area contributed by atoms with Crippen LogP contribution < -0.4 is 5.32 Å². The number of benzene rings is 2. The van der Waals surface area contributed by atoms with Crippen LogP contribution in [-0.2, 0) is 21.9 Å². The minimum absolute atomic E-state index is 0.132. The summed E-state index contributed by atoms with van der Waals surface area (Å²) in [6, 6.07) is 13.6. The molecule has 2 amide bonds. The van der Waals surface area contributed by atoms with E-state index in [0.29, 0.717) is 30.1 Å². The summed E-state index contributed by atoms with van der Waals surface area (Å²) in [6.07, 6.45) is 0.508. The van der Waals surface area contributed by atoms with Crippen molar-refractivity contribution in [3.63, 3.8) is 0 Å². The molecule has 7 heteroatoms. The van der Waals surface area contributed by atoms with Crippen LogP contribution in [0.1, 0.15) is 31.4 Å². The molecule has 2 rings (SSSR count). The van der Waals surface area contributed by atoms with E-state index in [1.165, 1.54) is 17.8 Å². The van der Waals surface area contributed by atoms with E-state index in [0.717, 1.165) is 5.56 Å². The monoisotopic (exact) mass is 436 g/mol. The Morgan fingerprint density at radius 3 is 2.48 bits per heavy atom. The molecule has 0 spiro atoms. The van der Waals surface area contributed by atoms with E-state index in [1.807, 2.05) is 44.2 Å². The molecule has 0 aromatic heterocycles. The zero-order valence-corrected chi connectivity index (χ0v) is 18.2. The molecule has 1 atom stereocenters. The van der Waals surface area contributed by atoms with Gasteiger partial charge < -0.3 is 10.2 Å². The third-order valence-corrected chi connectivity index (χ3v) is 5.76. The fourth-order valence-electron chi connectivity index (χ4n) is 2.99. The molecule has 156 valence electrons. The van der Waals surface area contributed by atoms with Crippen molar-refractivity contribution < 1.29 is 14.0 Å². The lowest BCUT2D eigenvalue weighted by Gasteiger charge is -2.30. The average molecular weight is 437 g/mol. The van der Waals surface area contributed by atoms with E-state index in [2.05, 4.69) is 5.32 Å². The summed E-state index contributed by atoms with van der Waals surface area (Å²) < 4.78 is 13.9. The molecule has 0 saturated carbocycles. The molecule has 0 bridgehead atoms. The first-order valence-corrected chi connectivity index (χ1v) is 11.1. The van der Waals surface area contributed by atoms with Crippen molar-refractivity contribution in [1.29, 1.82) is 0 Å². The second kappa shape index (κ2) is 11.8. The average Bonchev–Trinajstić information content (AvgIpc) is 2.71. The van der Waals surface area contributed by atoms with Gasteiger partial charge >= 0.3 is 0 Å². The van der Waals surface area contributed by atoms with Gasteiger partial charge in [-0.1, -0.05) is 54.9 Å². The lowest BCUT2D eigenvalue weighted by Crippen LogP contribution is -2.49. The molecule has 0 saturated heterocycles. The van der Waals surface area contributed by atoms with Crippen molar-refractivity contribution >= 4 is 35.2 Å². The number of amides is 2.